The van der Waals surface area contributed by atoms with Crippen molar-refractivity contribution in [1.29, 1.82) is 0 Å². The maximum absolute atomic E-state index is 5.88. The zero-order valence-corrected chi connectivity index (χ0v) is 11.5. The van der Waals surface area contributed by atoms with Gasteiger partial charge >= 0.3 is 0 Å². The zero-order valence-electron chi connectivity index (χ0n) is 11.5. The lowest BCUT2D eigenvalue weighted by Gasteiger charge is -2.09. The Kier molecular flexibility index (Phi) is 2.59. The van der Waals surface area contributed by atoms with Crippen LogP contribution in [0.2, 0.25) is 0 Å². The van der Waals surface area contributed by atoms with Crippen LogP contribution in [0.15, 0.2) is 48.5 Å². The van der Waals surface area contributed by atoms with Gasteiger partial charge in [0, 0.05) is 22.5 Å². The molecule has 4 N–H and O–H groups in total. The Hall–Kier alpha value is -3.35. The third-order valence-electron chi connectivity index (χ3n) is 3.33. The summed E-state index contributed by atoms with van der Waals surface area (Å²) in [6, 6.07) is 14.8. The third-order valence-corrected chi connectivity index (χ3v) is 3.33. The van der Waals surface area contributed by atoms with Crippen molar-refractivity contribution in [3.63, 3.8) is 0 Å². The highest BCUT2D eigenvalue weighted by Gasteiger charge is 2.13. The summed E-state index contributed by atoms with van der Waals surface area (Å²) in [4.78, 5) is 0. The first-order valence-electron chi connectivity index (χ1n) is 6.65. The molecule has 22 heavy (non-hydrogen) atoms. The molecule has 0 saturated carbocycles. The lowest BCUT2D eigenvalue weighted by molar-refractivity contribution is 0.460. The Morgan fingerprint density at radius 2 is 1.73 bits per heavy atom. The van der Waals surface area contributed by atoms with Gasteiger partial charge in [0.15, 0.2) is 5.65 Å². The standard InChI is InChI=1S/C15H12N6O/c16-9-4-3-5-10(8-9)22-14-12-7-2-1-6-11(12)13-18-19-15(17)21(13)20-14/h1-8H,16H2,(H2,17,19). The van der Waals surface area contributed by atoms with Gasteiger partial charge in [0.05, 0.1) is 0 Å². The molecule has 0 bridgehead atoms. The molecule has 0 atom stereocenters. The van der Waals surface area contributed by atoms with Gasteiger partial charge in [0.2, 0.25) is 11.8 Å². The van der Waals surface area contributed by atoms with Crippen molar-refractivity contribution < 1.29 is 4.74 Å². The van der Waals surface area contributed by atoms with Gasteiger partial charge in [0.25, 0.3) is 0 Å². The number of nitrogens with two attached hydrogens (primary N) is 2. The molecule has 0 fully saturated rings. The summed E-state index contributed by atoms with van der Waals surface area (Å²) in [5.41, 5.74) is 12.8. The number of aromatic nitrogens is 4. The second kappa shape index (κ2) is 4.59. The summed E-state index contributed by atoms with van der Waals surface area (Å²) in [7, 11) is 0. The number of anilines is 2. The number of hydrogen-bond acceptors (Lipinski definition) is 6. The topological polar surface area (TPSA) is 104 Å². The summed E-state index contributed by atoms with van der Waals surface area (Å²) in [6.45, 7) is 0. The fourth-order valence-electron chi connectivity index (χ4n) is 2.33. The molecule has 0 spiro atoms. The van der Waals surface area contributed by atoms with Crippen molar-refractivity contribution in [1.82, 2.24) is 19.8 Å². The molecular weight excluding hydrogens is 280 g/mol. The quantitative estimate of drug-likeness (QED) is 0.549. The lowest BCUT2D eigenvalue weighted by Crippen LogP contribution is -2.01. The van der Waals surface area contributed by atoms with Crippen LogP contribution >= 0.6 is 0 Å². The second-order valence-corrected chi connectivity index (χ2v) is 4.82. The minimum atomic E-state index is 0.207. The van der Waals surface area contributed by atoms with Gasteiger partial charge in [-0.15, -0.1) is 15.3 Å². The van der Waals surface area contributed by atoms with E-state index in [1.807, 2.05) is 36.4 Å². The normalized spacial score (nSPS) is 11.1. The first-order valence-corrected chi connectivity index (χ1v) is 6.65. The van der Waals surface area contributed by atoms with Crippen LogP contribution in [0, 0.1) is 0 Å². The molecule has 2 aromatic carbocycles. The number of rotatable bonds is 2. The Labute approximate surface area is 125 Å². The maximum Gasteiger partial charge on any atom is 0.245 e. The van der Waals surface area contributed by atoms with E-state index in [1.54, 1.807) is 12.1 Å². The molecule has 0 aliphatic carbocycles. The zero-order chi connectivity index (χ0) is 15.1. The Balaban J connectivity index is 1.96. The highest BCUT2D eigenvalue weighted by atomic mass is 16.5. The second-order valence-electron chi connectivity index (χ2n) is 4.82. The van der Waals surface area contributed by atoms with Gasteiger partial charge in [-0.3, -0.25) is 0 Å². The molecular formula is C15H12N6O. The van der Waals surface area contributed by atoms with E-state index >= 15 is 0 Å². The molecule has 4 aromatic rings. The third kappa shape index (κ3) is 1.87. The number of nitrogens with zero attached hydrogens (tertiary/aromatic N) is 4. The molecule has 108 valence electrons. The van der Waals surface area contributed by atoms with Crippen molar-refractivity contribution in [3.05, 3.63) is 48.5 Å². The number of hydrogen-bond donors (Lipinski definition) is 2. The van der Waals surface area contributed by atoms with Gasteiger partial charge in [-0.2, -0.15) is 4.52 Å². The van der Waals surface area contributed by atoms with Crippen molar-refractivity contribution >= 4 is 28.1 Å². The van der Waals surface area contributed by atoms with Crippen molar-refractivity contribution in [3.8, 4) is 11.6 Å². The molecule has 0 saturated heterocycles. The molecule has 0 aliphatic rings. The smallest absolute Gasteiger partial charge is 0.245 e. The van der Waals surface area contributed by atoms with E-state index in [0.717, 1.165) is 10.8 Å². The minimum absolute atomic E-state index is 0.207. The Morgan fingerprint density at radius 1 is 0.909 bits per heavy atom. The van der Waals surface area contributed by atoms with Crippen molar-refractivity contribution in [2.45, 2.75) is 0 Å². The van der Waals surface area contributed by atoms with Crippen molar-refractivity contribution in [2.75, 3.05) is 11.5 Å². The van der Waals surface area contributed by atoms with Gasteiger partial charge in [0.1, 0.15) is 5.75 Å². The number of nitrogen functional groups attached to an aromatic ring is 2. The molecule has 0 aliphatic heterocycles. The van der Waals surface area contributed by atoms with Gasteiger partial charge in [-0.05, 0) is 18.2 Å². The summed E-state index contributed by atoms with van der Waals surface area (Å²) in [5, 5.41) is 14.0. The lowest BCUT2D eigenvalue weighted by atomic mass is 10.2. The van der Waals surface area contributed by atoms with E-state index < -0.39 is 0 Å². The van der Waals surface area contributed by atoms with Crippen LogP contribution in [-0.2, 0) is 0 Å². The summed E-state index contributed by atoms with van der Waals surface area (Å²) >= 11 is 0. The van der Waals surface area contributed by atoms with E-state index in [9.17, 15) is 0 Å². The van der Waals surface area contributed by atoms with Crippen LogP contribution in [-0.4, -0.2) is 19.8 Å². The molecule has 7 heteroatoms. The van der Waals surface area contributed by atoms with Crippen LogP contribution in [0.5, 0.6) is 11.6 Å². The first-order chi connectivity index (χ1) is 10.7. The van der Waals surface area contributed by atoms with E-state index in [-0.39, 0.29) is 5.95 Å². The highest BCUT2D eigenvalue weighted by Crippen LogP contribution is 2.30. The van der Waals surface area contributed by atoms with E-state index in [2.05, 4.69) is 15.3 Å². The average molecular weight is 292 g/mol. The maximum atomic E-state index is 5.88. The summed E-state index contributed by atoms with van der Waals surface area (Å²) in [6.07, 6.45) is 0. The van der Waals surface area contributed by atoms with Crippen LogP contribution < -0.4 is 16.2 Å². The Bertz CT molecular complexity index is 994. The van der Waals surface area contributed by atoms with Crippen LogP contribution in [0.4, 0.5) is 11.6 Å². The molecule has 2 aromatic heterocycles. The summed E-state index contributed by atoms with van der Waals surface area (Å²) < 4.78 is 7.34. The Morgan fingerprint density at radius 3 is 2.55 bits per heavy atom. The van der Waals surface area contributed by atoms with Crippen LogP contribution in [0.1, 0.15) is 0 Å². The van der Waals surface area contributed by atoms with Crippen LogP contribution in [0.3, 0.4) is 0 Å². The largest absolute Gasteiger partial charge is 0.437 e. The minimum Gasteiger partial charge on any atom is -0.437 e. The number of benzene rings is 2. The van der Waals surface area contributed by atoms with E-state index in [4.69, 9.17) is 16.2 Å². The molecule has 0 amide bonds. The summed E-state index contributed by atoms with van der Waals surface area (Å²) in [5.74, 6) is 1.22. The highest BCUT2D eigenvalue weighted by molar-refractivity contribution is 5.96. The van der Waals surface area contributed by atoms with E-state index in [0.29, 0.717) is 23.0 Å². The first kappa shape index (κ1) is 12.4. The number of fused-ring (bicyclic) bond motifs is 3. The average Bonchev–Trinajstić information content (AvgIpc) is 2.89. The molecule has 2 heterocycles. The molecule has 0 unspecified atom stereocenters. The van der Waals surface area contributed by atoms with Gasteiger partial charge in [-0.1, -0.05) is 24.3 Å². The SMILES string of the molecule is Nc1cccc(Oc2nn3c(N)nnc3c3ccccc23)c1. The fraction of sp³-hybridized carbons (Fsp3) is 0. The predicted molar refractivity (Wildman–Crippen MR) is 83.6 cm³/mol. The molecule has 0 radical (unpaired) electrons. The molecule has 7 nitrogen and oxygen atoms in total. The van der Waals surface area contributed by atoms with Crippen LogP contribution in [0.25, 0.3) is 16.4 Å². The van der Waals surface area contributed by atoms with E-state index in [1.165, 1.54) is 4.52 Å². The van der Waals surface area contributed by atoms with Crippen molar-refractivity contribution in [2.24, 2.45) is 0 Å². The van der Waals surface area contributed by atoms with Gasteiger partial charge < -0.3 is 16.2 Å². The van der Waals surface area contributed by atoms with Gasteiger partial charge in [-0.25, -0.2) is 0 Å². The fourth-order valence-corrected chi connectivity index (χ4v) is 2.33. The number of ether oxygens (including phenoxy) is 1. The molecule has 4 rings (SSSR count). The predicted octanol–water partition coefficient (Wildman–Crippen LogP) is 2.23. The monoisotopic (exact) mass is 292 g/mol.